The molecule has 2 rings (SSSR count). The zero-order valence-electron chi connectivity index (χ0n) is 16.7. The topological polar surface area (TPSA) is 60.0 Å². The molecule has 0 atom stereocenters. The van der Waals surface area contributed by atoms with Gasteiger partial charge in [0.05, 0.1) is 6.54 Å². The van der Waals surface area contributed by atoms with Gasteiger partial charge in [0.1, 0.15) is 0 Å². The molecule has 1 aliphatic heterocycles. The van der Waals surface area contributed by atoms with Crippen LogP contribution in [0.2, 0.25) is 5.02 Å². The predicted octanol–water partition coefficient (Wildman–Crippen LogP) is 2.20. The van der Waals surface area contributed by atoms with Crippen molar-refractivity contribution in [1.82, 2.24) is 20.4 Å². The highest BCUT2D eigenvalue weighted by molar-refractivity contribution is 6.30. The van der Waals surface area contributed by atoms with Crippen LogP contribution in [0, 0.1) is 5.92 Å². The Bertz CT molecular complexity index is 627. The van der Waals surface area contributed by atoms with Crippen molar-refractivity contribution >= 4 is 23.5 Å². The lowest BCUT2D eigenvalue weighted by Crippen LogP contribution is -2.52. The van der Waals surface area contributed by atoms with Crippen LogP contribution in [0.5, 0.6) is 0 Å². The van der Waals surface area contributed by atoms with Crippen molar-refractivity contribution in [2.24, 2.45) is 10.9 Å². The first-order valence-corrected chi connectivity index (χ1v) is 10.1. The Hall–Kier alpha value is -1.79. The van der Waals surface area contributed by atoms with E-state index in [9.17, 15) is 4.79 Å². The molecule has 0 bridgehead atoms. The minimum absolute atomic E-state index is 0.00906. The van der Waals surface area contributed by atoms with Gasteiger partial charge in [0.25, 0.3) is 0 Å². The van der Waals surface area contributed by atoms with E-state index in [1.807, 2.05) is 32.0 Å². The SMILES string of the molecule is CCNC(=NCCNC(=O)C(C)C)N1CCN(Cc2cccc(Cl)c2)CC1. The third kappa shape index (κ3) is 7.39. The van der Waals surface area contributed by atoms with E-state index in [4.69, 9.17) is 11.6 Å². The average Bonchev–Trinajstić information content (AvgIpc) is 2.64. The lowest BCUT2D eigenvalue weighted by Gasteiger charge is -2.36. The Balaban J connectivity index is 1.81. The van der Waals surface area contributed by atoms with Crippen molar-refractivity contribution in [2.75, 3.05) is 45.8 Å². The lowest BCUT2D eigenvalue weighted by molar-refractivity contribution is -0.123. The second kappa shape index (κ2) is 11.1. The summed E-state index contributed by atoms with van der Waals surface area (Å²) in [5.41, 5.74) is 1.25. The largest absolute Gasteiger partial charge is 0.357 e. The van der Waals surface area contributed by atoms with E-state index in [0.717, 1.165) is 50.3 Å². The van der Waals surface area contributed by atoms with E-state index in [1.165, 1.54) is 5.56 Å². The first kappa shape index (κ1) is 21.5. The van der Waals surface area contributed by atoms with Gasteiger partial charge in [-0.3, -0.25) is 14.7 Å². The highest BCUT2D eigenvalue weighted by atomic mass is 35.5. The third-order valence-corrected chi connectivity index (χ3v) is 4.73. The van der Waals surface area contributed by atoms with Gasteiger partial charge in [-0.15, -0.1) is 0 Å². The summed E-state index contributed by atoms with van der Waals surface area (Å²) in [5, 5.41) is 7.06. The highest BCUT2D eigenvalue weighted by Crippen LogP contribution is 2.14. The monoisotopic (exact) mass is 393 g/mol. The summed E-state index contributed by atoms with van der Waals surface area (Å²) in [7, 11) is 0. The number of nitrogens with zero attached hydrogens (tertiary/aromatic N) is 3. The summed E-state index contributed by atoms with van der Waals surface area (Å²) in [6.07, 6.45) is 0. The van der Waals surface area contributed by atoms with Gasteiger partial charge < -0.3 is 15.5 Å². The number of carbonyl (C=O) groups is 1. The molecule has 1 saturated heterocycles. The number of amides is 1. The molecule has 0 aromatic heterocycles. The van der Waals surface area contributed by atoms with E-state index in [0.29, 0.717) is 13.1 Å². The minimum atomic E-state index is 0.00906. The molecule has 0 unspecified atom stereocenters. The number of hydrogen-bond acceptors (Lipinski definition) is 3. The maximum Gasteiger partial charge on any atom is 0.222 e. The number of rotatable bonds is 7. The van der Waals surface area contributed by atoms with Gasteiger partial charge in [0.2, 0.25) is 5.91 Å². The standard InChI is InChI=1S/C20H32ClN5O/c1-4-22-20(24-9-8-23-19(27)16(2)3)26-12-10-25(11-13-26)15-17-6-5-7-18(21)14-17/h5-7,14,16H,4,8-13,15H2,1-3H3,(H,22,24)(H,23,27). The first-order valence-electron chi connectivity index (χ1n) is 9.77. The van der Waals surface area contributed by atoms with Crippen LogP contribution in [0.25, 0.3) is 0 Å². The molecule has 2 N–H and O–H groups in total. The number of halogens is 1. The van der Waals surface area contributed by atoms with Crippen molar-refractivity contribution in [1.29, 1.82) is 0 Å². The van der Waals surface area contributed by atoms with E-state index in [1.54, 1.807) is 0 Å². The Labute approximate surface area is 168 Å². The fraction of sp³-hybridized carbons (Fsp3) is 0.600. The van der Waals surface area contributed by atoms with Crippen LogP contribution in [-0.4, -0.2) is 67.5 Å². The minimum Gasteiger partial charge on any atom is -0.357 e. The molecule has 1 aromatic carbocycles. The van der Waals surface area contributed by atoms with Crippen LogP contribution in [0.3, 0.4) is 0 Å². The molecule has 150 valence electrons. The summed E-state index contributed by atoms with van der Waals surface area (Å²) in [6.45, 7) is 12.6. The summed E-state index contributed by atoms with van der Waals surface area (Å²) in [5.74, 6) is 1.01. The molecule has 0 aliphatic carbocycles. The molecule has 27 heavy (non-hydrogen) atoms. The van der Waals surface area contributed by atoms with Gasteiger partial charge >= 0.3 is 0 Å². The van der Waals surface area contributed by atoms with Crippen molar-refractivity contribution in [3.8, 4) is 0 Å². The van der Waals surface area contributed by atoms with Crippen LogP contribution < -0.4 is 10.6 Å². The molecular formula is C20H32ClN5O. The molecule has 0 saturated carbocycles. The highest BCUT2D eigenvalue weighted by Gasteiger charge is 2.19. The third-order valence-electron chi connectivity index (χ3n) is 4.50. The fourth-order valence-electron chi connectivity index (χ4n) is 2.98. The Morgan fingerprint density at radius 3 is 2.59 bits per heavy atom. The van der Waals surface area contributed by atoms with Crippen molar-refractivity contribution in [2.45, 2.75) is 27.3 Å². The van der Waals surface area contributed by atoms with E-state index in [2.05, 4.69) is 38.4 Å². The van der Waals surface area contributed by atoms with Gasteiger partial charge in [-0.2, -0.15) is 0 Å². The number of nitrogens with one attached hydrogen (secondary N) is 2. The second-order valence-corrected chi connectivity index (χ2v) is 7.51. The van der Waals surface area contributed by atoms with E-state index >= 15 is 0 Å². The smallest absolute Gasteiger partial charge is 0.222 e. The quantitative estimate of drug-likeness (QED) is 0.423. The normalized spacial score (nSPS) is 15.9. The van der Waals surface area contributed by atoms with Crippen LogP contribution in [0.4, 0.5) is 0 Å². The molecule has 1 aromatic rings. The number of benzene rings is 1. The van der Waals surface area contributed by atoms with Gasteiger partial charge in [0, 0.05) is 56.8 Å². The molecule has 1 aliphatic rings. The van der Waals surface area contributed by atoms with Crippen molar-refractivity contribution in [3.63, 3.8) is 0 Å². The molecule has 1 fully saturated rings. The molecule has 1 heterocycles. The Morgan fingerprint density at radius 2 is 1.96 bits per heavy atom. The van der Waals surface area contributed by atoms with Crippen molar-refractivity contribution < 1.29 is 4.79 Å². The number of aliphatic imine (C=N–C) groups is 1. The van der Waals surface area contributed by atoms with Crippen LogP contribution in [-0.2, 0) is 11.3 Å². The molecule has 0 spiro atoms. The fourth-order valence-corrected chi connectivity index (χ4v) is 3.20. The van der Waals surface area contributed by atoms with Gasteiger partial charge in [-0.05, 0) is 24.6 Å². The Kier molecular flexibility index (Phi) is 8.88. The summed E-state index contributed by atoms with van der Waals surface area (Å²) in [6, 6.07) is 8.06. The molecule has 7 heteroatoms. The zero-order chi connectivity index (χ0) is 19.6. The number of hydrogen-bond donors (Lipinski definition) is 2. The second-order valence-electron chi connectivity index (χ2n) is 7.07. The maximum absolute atomic E-state index is 11.6. The molecule has 1 amide bonds. The van der Waals surface area contributed by atoms with Gasteiger partial charge in [-0.1, -0.05) is 37.6 Å². The summed E-state index contributed by atoms with van der Waals surface area (Å²) in [4.78, 5) is 21.0. The number of piperazine rings is 1. The maximum atomic E-state index is 11.6. The van der Waals surface area contributed by atoms with Gasteiger partial charge in [0.15, 0.2) is 5.96 Å². The van der Waals surface area contributed by atoms with Crippen molar-refractivity contribution in [3.05, 3.63) is 34.9 Å². The number of carbonyl (C=O) groups excluding carboxylic acids is 1. The molecule has 0 radical (unpaired) electrons. The van der Waals surface area contributed by atoms with Crippen LogP contribution in [0.1, 0.15) is 26.3 Å². The predicted molar refractivity (Wildman–Crippen MR) is 112 cm³/mol. The zero-order valence-corrected chi connectivity index (χ0v) is 17.4. The van der Waals surface area contributed by atoms with Gasteiger partial charge in [-0.25, -0.2) is 0 Å². The average molecular weight is 394 g/mol. The lowest BCUT2D eigenvalue weighted by atomic mass is 10.2. The first-order chi connectivity index (χ1) is 13.0. The summed E-state index contributed by atoms with van der Waals surface area (Å²) < 4.78 is 0. The van der Waals surface area contributed by atoms with E-state index < -0.39 is 0 Å². The van der Waals surface area contributed by atoms with Crippen LogP contribution >= 0.6 is 11.6 Å². The Morgan fingerprint density at radius 1 is 1.22 bits per heavy atom. The van der Waals surface area contributed by atoms with Crippen LogP contribution in [0.15, 0.2) is 29.3 Å². The molecule has 6 nitrogen and oxygen atoms in total. The summed E-state index contributed by atoms with van der Waals surface area (Å²) >= 11 is 6.08. The number of guanidine groups is 1. The van der Waals surface area contributed by atoms with E-state index in [-0.39, 0.29) is 11.8 Å². The molecular weight excluding hydrogens is 362 g/mol.